The van der Waals surface area contributed by atoms with Crippen molar-refractivity contribution in [1.82, 2.24) is 4.72 Å². The Morgan fingerprint density at radius 2 is 1.65 bits per heavy atom. The van der Waals surface area contributed by atoms with E-state index in [1.54, 1.807) is 30.3 Å². The van der Waals surface area contributed by atoms with Crippen LogP contribution in [0.4, 0.5) is 5.69 Å². The zero-order chi connectivity index (χ0) is 23.4. The van der Waals surface area contributed by atoms with Gasteiger partial charge in [-0.2, -0.15) is 8.42 Å². The van der Waals surface area contributed by atoms with Crippen LogP contribution in [0.5, 0.6) is 5.75 Å². The average molecular weight is 504 g/mol. The summed E-state index contributed by atoms with van der Waals surface area (Å²) in [6, 6.07) is 23.7. The van der Waals surface area contributed by atoms with E-state index in [9.17, 15) is 18.0 Å². The van der Waals surface area contributed by atoms with E-state index < -0.39 is 16.1 Å². The Balaban J connectivity index is 0.00000324. The summed E-state index contributed by atoms with van der Waals surface area (Å²) in [5.74, 6) is -0.520. The molecule has 171 valence electrons. The van der Waals surface area contributed by atoms with Crippen LogP contribution in [0.2, 0.25) is 0 Å². The molecule has 1 radical (unpaired) electrons. The number of hydrogen-bond donors (Lipinski definition) is 1. The molecule has 9 heteroatoms. The largest absolute Gasteiger partial charge is 0.487 e. The zero-order valence-electron chi connectivity index (χ0n) is 19.1. The molecule has 1 saturated heterocycles. The normalized spacial score (nSPS) is 15.2. The third-order valence-electron chi connectivity index (χ3n) is 5.40. The summed E-state index contributed by atoms with van der Waals surface area (Å²) >= 11 is 0. The van der Waals surface area contributed by atoms with E-state index in [0.717, 1.165) is 15.4 Å². The Labute approximate surface area is 242 Å². The molecule has 1 aliphatic rings. The Hall–Kier alpha value is -2.01. The van der Waals surface area contributed by atoms with Crippen molar-refractivity contribution >= 4 is 79.0 Å². The molecule has 0 aromatic heterocycles. The molecule has 4 rings (SSSR count). The number of carbonyl (C=O) groups is 2. The molecule has 34 heavy (non-hydrogen) atoms. The molecule has 3 aromatic carbocycles. The molecule has 7 nitrogen and oxygen atoms in total. The Bertz CT molecular complexity index is 1270. The first-order valence-electron chi connectivity index (χ1n) is 10.6. The van der Waals surface area contributed by atoms with Gasteiger partial charge < -0.3 is 4.74 Å². The van der Waals surface area contributed by atoms with Gasteiger partial charge in [-0.25, -0.2) is 9.03 Å². The molecule has 1 N–H and O–H groups in total. The van der Waals surface area contributed by atoms with Gasteiger partial charge in [-0.3, -0.25) is 9.59 Å². The molecule has 1 unspecified atom stereocenters. The molecule has 0 aliphatic carbocycles. The summed E-state index contributed by atoms with van der Waals surface area (Å²) < 4.78 is 33.8. The number of Topliss-reactive ketones (excluding diaryl/α,β-unsaturated/α-hetero) is 1. The van der Waals surface area contributed by atoms with E-state index in [2.05, 4.69) is 0 Å². The minimum atomic E-state index is -3.98. The van der Waals surface area contributed by atoms with Gasteiger partial charge in [0.2, 0.25) is 0 Å². The SMILES string of the molecule is CC(Cc1ccc(N2CC(=O)NS2(=O)=O)c(OCc2ccccc2)c1)C(=O)c1ccccc1.[K]. The smallest absolute Gasteiger partial charge is 0.326 e. The number of ether oxygens (including phenoxy) is 1. The molecule has 3 aromatic rings. The van der Waals surface area contributed by atoms with Gasteiger partial charge in [0.05, 0.1) is 5.69 Å². The number of ketones is 1. The van der Waals surface area contributed by atoms with E-state index >= 15 is 0 Å². The maximum absolute atomic E-state index is 12.8. The van der Waals surface area contributed by atoms with Crippen LogP contribution >= 0.6 is 0 Å². The number of carbonyl (C=O) groups excluding carboxylic acids is 2. The van der Waals surface area contributed by atoms with Crippen LogP contribution in [-0.4, -0.2) is 78.0 Å². The van der Waals surface area contributed by atoms with Crippen LogP contribution in [0.25, 0.3) is 0 Å². The summed E-state index contributed by atoms with van der Waals surface area (Å²) in [5, 5.41) is 0. The summed E-state index contributed by atoms with van der Waals surface area (Å²) in [5.41, 5.74) is 2.67. The van der Waals surface area contributed by atoms with Gasteiger partial charge in [0.1, 0.15) is 18.9 Å². The van der Waals surface area contributed by atoms with Crippen molar-refractivity contribution in [3.63, 3.8) is 0 Å². The van der Waals surface area contributed by atoms with E-state index in [-0.39, 0.29) is 81.9 Å². The van der Waals surface area contributed by atoms with E-state index in [1.807, 2.05) is 60.2 Å². The number of rotatable bonds is 8. The Morgan fingerprint density at radius 3 is 2.26 bits per heavy atom. The van der Waals surface area contributed by atoms with Crippen molar-refractivity contribution in [3.8, 4) is 5.75 Å². The Morgan fingerprint density at radius 1 is 1.00 bits per heavy atom. The summed E-state index contributed by atoms with van der Waals surface area (Å²) in [4.78, 5) is 24.5. The van der Waals surface area contributed by atoms with Gasteiger partial charge in [0.15, 0.2) is 5.78 Å². The minimum absolute atomic E-state index is 0. The predicted molar refractivity (Wildman–Crippen MR) is 131 cm³/mol. The number of nitrogens with zero attached hydrogens (tertiary/aromatic N) is 1. The van der Waals surface area contributed by atoms with Gasteiger partial charge >= 0.3 is 10.2 Å². The molecule has 0 bridgehead atoms. The monoisotopic (exact) mass is 503 g/mol. The standard InChI is InChI=1S/C25H24N2O5S.K/c1-18(25(29)21-10-6-3-7-11-21)14-20-12-13-22(27-16-24(28)26-33(27,30)31)23(15-20)32-17-19-8-4-2-5-9-19;/h2-13,15,18H,14,16-17H2,1H3,(H,26,28);. The fourth-order valence-corrected chi connectivity index (χ4v) is 4.90. The summed E-state index contributed by atoms with van der Waals surface area (Å²) in [6.07, 6.45) is 0.458. The predicted octanol–water partition coefficient (Wildman–Crippen LogP) is 3.13. The molecule has 1 amide bonds. The fourth-order valence-electron chi connectivity index (χ4n) is 3.74. The van der Waals surface area contributed by atoms with Gasteiger partial charge in [0, 0.05) is 62.9 Å². The number of amides is 1. The summed E-state index contributed by atoms with van der Waals surface area (Å²) in [6.45, 7) is 1.78. The number of hydrogen-bond acceptors (Lipinski definition) is 5. The number of benzene rings is 3. The first kappa shape index (κ1) is 26.6. The summed E-state index contributed by atoms with van der Waals surface area (Å²) in [7, 11) is -3.98. The van der Waals surface area contributed by atoms with Crippen molar-refractivity contribution in [2.45, 2.75) is 20.0 Å². The van der Waals surface area contributed by atoms with Crippen LogP contribution in [0.1, 0.15) is 28.4 Å². The minimum Gasteiger partial charge on any atom is -0.487 e. The topological polar surface area (TPSA) is 92.8 Å². The van der Waals surface area contributed by atoms with Crippen LogP contribution < -0.4 is 13.8 Å². The van der Waals surface area contributed by atoms with Crippen molar-refractivity contribution in [1.29, 1.82) is 0 Å². The molecular weight excluding hydrogens is 479 g/mol. The van der Waals surface area contributed by atoms with Gasteiger partial charge in [-0.1, -0.05) is 73.7 Å². The van der Waals surface area contributed by atoms with E-state index in [4.69, 9.17) is 4.74 Å². The first-order chi connectivity index (χ1) is 15.8. The van der Waals surface area contributed by atoms with Gasteiger partial charge in [-0.05, 0) is 29.7 Å². The second-order valence-electron chi connectivity index (χ2n) is 7.95. The van der Waals surface area contributed by atoms with Crippen molar-refractivity contribution < 1.29 is 22.7 Å². The molecule has 1 heterocycles. The molecule has 0 saturated carbocycles. The Kier molecular flexibility index (Phi) is 9.08. The second kappa shape index (κ2) is 11.6. The van der Waals surface area contributed by atoms with Crippen molar-refractivity contribution in [2.75, 3.05) is 10.8 Å². The molecular formula is C25H24KN2O5S. The third-order valence-corrected chi connectivity index (χ3v) is 6.79. The van der Waals surface area contributed by atoms with Gasteiger partial charge in [0.25, 0.3) is 5.91 Å². The maximum Gasteiger partial charge on any atom is 0.326 e. The van der Waals surface area contributed by atoms with Crippen molar-refractivity contribution in [3.05, 3.63) is 95.6 Å². The third kappa shape index (κ3) is 6.35. The maximum atomic E-state index is 12.8. The molecule has 1 atom stereocenters. The fraction of sp³-hybridized carbons (Fsp3) is 0.200. The molecule has 1 fully saturated rings. The first-order valence-corrected chi connectivity index (χ1v) is 12.0. The van der Waals surface area contributed by atoms with Crippen LogP contribution in [-0.2, 0) is 28.0 Å². The zero-order valence-corrected chi connectivity index (χ0v) is 23.0. The second-order valence-corrected chi connectivity index (χ2v) is 9.54. The van der Waals surface area contributed by atoms with Gasteiger partial charge in [-0.15, -0.1) is 0 Å². The molecule has 1 aliphatic heterocycles. The number of nitrogens with one attached hydrogen (secondary N) is 1. The van der Waals surface area contributed by atoms with E-state index in [0.29, 0.717) is 17.7 Å². The van der Waals surface area contributed by atoms with E-state index in [1.165, 1.54) is 0 Å². The van der Waals surface area contributed by atoms with Crippen LogP contribution in [0.3, 0.4) is 0 Å². The molecule has 0 spiro atoms. The van der Waals surface area contributed by atoms with Crippen LogP contribution in [0, 0.1) is 5.92 Å². The average Bonchev–Trinajstić information content (AvgIpc) is 3.10. The quantitative estimate of drug-likeness (QED) is 0.377. The van der Waals surface area contributed by atoms with Crippen LogP contribution in [0.15, 0.2) is 78.9 Å². The number of anilines is 1. The van der Waals surface area contributed by atoms with Crippen molar-refractivity contribution in [2.24, 2.45) is 5.92 Å².